The van der Waals surface area contributed by atoms with Crippen molar-refractivity contribution in [2.24, 2.45) is 5.73 Å². The van der Waals surface area contributed by atoms with E-state index in [1.165, 1.54) is 7.05 Å². The number of hydrogen-bond acceptors (Lipinski definition) is 4. The Bertz CT molecular complexity index is 456. The number of anilines is 1. The third-order valence-corrected chi connectivity index (χ3v) is 2.10. The van der Waals surface area contributed by atoms with Gasteiger partial charge in [-0.05, 0) is 24.3 Å². The highest BCUT2D eigenvalue weighted by Gasteiger charge is 2.05. The largest absolute Gasteiger partial charge is 0.376 e. The molecule has 4 amide bonds. The minimum Gasteiger partial charge on any atom is -0.376 e. The molecule has 0 radical (unpaired) electrons. The first kappa shape index (κ1) is 13.5. The SMILES string of the molecule is CNC(=O)NC(=O)CNc1ccc(C(N)=O)cc1. The summed E-state index contributed by atoms with van der Waals surface area (Å²) in [5.74, 6) is -0.979. The smallest absolute Gasteiger partial charge is 0.321 e. The number of benzene rings is 1. The van der Waals surface area contributed by atoms with Gasteiger partial charge in [-0.15, -0.1) is 0 Å². The maximum atomic E-state index is 11.3. The van der Waals surface area contributed by atoms with Gasteiger partial charge in [-0.3, -0.25) is 14.9 Å². The van der Waals surface area contributed by atoms with Crippen molar-refractivity contribution >= 4 is 23.5 Å². The summed E-state index contributed by atoms with van der Waals surface area (Å²) in [6.45, 7) is -0.0522. The van der Waals surface area contributed by atoms with Crippen molar-refractivity contribution in [3.05, 3.63) is 29.8 Å². The van der Waals surface area contributed by atoms with Gasteiger partial charge < -0.3 is 16.4 Å². The van der Waals surface area contributed by atoms with E-state index in [9.17, 15) is 14.4 Å². The molecule has 0 aliphatic carbocycles. The van der Waals surface area contributed by atoms with Gasteiger partial charge in [0.15, 0.2) is 0 Å². The standard InChI is InChI=1S/C11H14N4O3/c1-13-11(18)15-9(16)6-14-8-4-2-7(3-5-8)10(12)17/h2-5,14H,6H2,1H3,(H2,12,17)(H2,13,15,16,18). The number of carbonyl (C=O) groups is 3. The Hall–Kier alpha value is -2.57. The minimum atomic E-state index is -0.564. The fraction of sp³-hybridized carbons (Fsp3) is 0.182. The summed E-state index contributed by atoms with van der Waals surface area (Å²) in [5, 5.41) is 7.16. The summed E-state index contributed by atoms with van der Waals surface area (Å²) in [6, 6.07) is 5.76. The first-order valence-corrected chi connectivity index (χ1v) is 5.18. The van der Waals surface area contributed by atoms with E-state index in [1.54, 1.807) is 24.3 Å². The van der Waals surface area contributed by atoms with E-state index in [4.69, 9.17) is 5.73 Å². The van der Waals surface area contributed by atoms with Crippen molar-refractivity contribution in [2.45, 2.75) is 0 Å². The molecule has 1 rings (SSSR count). The van der Waals surface area contributed by atoms with Crippen molar-refractivity contribution < 1.29 is 14.4 Å². The van der Waals surface area contributed by atoms with E-state index >= 15 is 0 Å². The molecule has 0 aliphatic heterocycles. The molecule has 0 unspecified atom stereocenters. The molecule has 1 aromatic carbocycles. The first-order valence-electron chi connectivity index (χ1n) is 5.18. The molecule has 0 spiro atoms. The van der Waals surface area contributed by atoms with E-state index in [0.29, 0.717) is 11.3 Å². The summed E-state index contributed by atoms with van der Waals surface area (Å²) in [7, 11) is 1.42. The van der Waals surface area contributed by atoms with Gasteiger partial charge in [-0.2, -0.15) is 0 Å². The van der Waals surface area contributed by atoms with Crippen LogP contribution in [0.4, 0.5) is 10.5 Å². The second-order valence-corrected chi connectivity index (χ2v) is 3.42. The van der Waals surface area contributed by atoms with Gasteiger partial charge in [0.2, 0.25) is 11.8 Å². The summed E-state index contributed by atoms with van der Waals surface area (Å²) in [4.78, 5) is 32.9. The molecule has 0 atom stereocenters. The average Bonchev–Trinajstić information content (AvgIpc) is 2.36. The van der Waals surface area contributed by atoms with Gasteiger partial charge in [0.05, 0.1) is 6.54 Å². The molecule has 0 bridgehead atoms. The highest BCUT2D eigenvalue weighted by atomic mass is 16.2. The highest BCUT2D eigenvalue weighted by molar-refractivity contribution is 5.96. The Morgan fingerprint density at radius 2 is 1.78 bits per heavy atom. The van der Waals surface area contributed by atoms with Gasteiger partial charge in [0, 0.05) is 18.3 Å². The number of carbonyl (C=O) groups excluding carboxylic acids is 3. The van der Waals surface area contributed by atoms with Crippen LogP contribution >= 0.6 is 0 Å². The van der Waals surface area contributed by atoms with Crippen LogP contribution in [0.3, 0.4) is 0 Å². The molecule has 0 aromatic heterocycles. The van der Waals surface area contributed by atoms with Crippen LogP contribution in [-0.2, 0) is 4.79 Å². The molecule has 0 fully saturated rings. The van der Waals surface area contributed by atoms with E-state index in [2.05, 4.69) is 16.0 Å². The Morgan fingerprint density at radius 1 is 1.17 bits per heavy atom. The van der Waals surface area contributed by atoms with Crippen LogP contribution in [0.25, 0.3) is 0 Å². The Balaban J connectivity index is 2.46. The number of hydrogen-bond donors (Lipinski definition) is 4. The highest BCUT2D eigenvalue weighted by Crippen LogP contribution is 2.08. The quantitative estimate of drug-likeness (QED) is 0.585. The molecule has 18 heavy (non-hydrogen) atoms. The molecule has 0 saturated carbocycles. The van der Waals surface area contributed by atoms with E-state index < -0.39 is 17.8 Å². The second-order valence-electron chi connectivity index (χ2n) is 3.42. The summed E-state index contributed by atoms with van der Waals surface area (Å²) in [6.07, 6.45) is 0. The van der Waals surface area contributed by atoms with Gasteiger partial charge in [0.25, 0.3) is 0 Å². The first-order chi connectivity index (χ1) is 8.52. The molecule has 0 heterocycles. The zero-order valence-electron chi connectivity index (χ0n) is 9.82. The lowest BCUT2D eigenvalue weighted by Crippen LogP contribution is -2.40. The summed E-state index contributed by atoms with van der Waals surface area (Å²) >= 11 is 0. The lowest BCUT2D eigenvalue weighted by molar-refractivity contribution is -0.118. The predicted molar refractivity (Wildman–Crippen MR) is 66.0 cm³/mol. The van der Waals surface area contributed by atoms with Gasteiger partial charge >= 0.3 is 6.03 Å². The zero-order chi connectivity index (χ0) is 13.5. The summed E-state index contributed by atoms with van der Waals surface area (Å²) < 4.78 is 0. The third-order valence-electron chi connectivity index (χ3n) is 2.10. The van der Waals surface area contributed by atoms with Gasteiger partial charge in [0.1, 0.15) is 0 Å². The molecule has 7 nitrogen and oxygen atoms in total. The fourth-order valence-electron chi connectivity index (χ4n) is 1.17. The fourth-order valence-corrected chi connectivity index (χ4v) is 1.17. The van der Waals surface area contributed by atoms with E-state index in [1.807, 2.05) is 0 Å². The number of imide groups is 1. The van der Waals surface area contributed by atoms with Crippen molar-refractivity contribution in [1.82, 2.24) is 10.6 Å². The van der Waals surface area contributed by atoms with E-state index in [-0.39, 0.29) is 6.54 Å². The lowest BCUT2D eigenvalue weighted by Gasteiger charge is -2.06. The molecule has 0 saturated heterocycles. The monoisotopic (exact) mass is 250 g/mol. The van der Waals surface area contributed by atoms with Crippen LogP contribution in [0.1, 0.15) is 10.4 Å². The maximum absolute atomic E-state index is 11.3. The number of rotatable bonds is 4. The van der Waals surface area contributed by atoms with Crippen LogP contribution in [0.15, 0.2) is 24.3 Å². The number of amides is 4. The molecule has 5 N–H and O–H groups in total. The Kier molecular flexibility index (Phi) is 4.67. The molecular formula is C11H14N4O3. The van der Waals surface area contributed by atoms with Crippen molar-refractivity contribution in [3.8, 4) is 0 Å². The molecule has 0 aliphatic rings. The zero-order valence-corrected chi connectivity index (χ0v) is 9.82. The van der Waals surface area contributed by atoms with E-state index in [0.717, 1.165) is 0 Å². The molecule has 96 valence electrons. The Morgan fingerprint density at radius 3 is 2.28 bits per heavy atom. The van der Waals surface area contributed by atoms with Crippen LogP contribution in [0.5, 0.6) is 0 Å². The number of nitrogens with one attached hydrogen (secondary N) is 3. The van der Waals surface area contributed by atoms with Crippen LogP contribution in [0.2, 0.25) is 0 Å². The van der Waals surface area contributed by atoms with Crippen molar-refractivity contribution in [3.63, 3.8) is 0 Å². The van der Waals surface area contributed by atoms with Crippen molar-refractivity contribution in [2.75, 3.05) is 18.9 Å². The molecule has 7 heteroatoms. The van der Waals surface area contributed by atoms with Crippen molar-refractivity contribution in [1.29, 1.82) is 0 Å². The second kappa shape index (κ2) is 6.24. The van der Waals surface area contributed by atoms with Crippen LogP contribution < -0.4 is 21.7 Å². The van der Waals surface area contributed by atoms with Crippen LogP contribution in [0, 0.1) is 0 Å². The van der Waals surface area contributed by atoms with Gasteiger partial charge in [-0.1, -0.05) is 0 Å². The average molecular weight is 250 g/mol. The number of urea groups is 1. The predicted octanol–water partition coefficient (Wildman–Crippen LogP) is -0.347. The third kappa shape index (κ3) is 4.12. The van der Waals surface area contributed by atoms with Gasteiger partial charge in [-0.25, -0.2) is 4.79 Å². The lowest BCUT2D eigenvalue weighted by atomic mass is 10.2. The summed E-state index contributed by atoms with van der Waals surface area (Å²) in [5.41, 5.74) is 6.12. The molecule has 1 aromatic rings. The molecular weight excluding hydrogens is 236 g/mol. The van der Waals surface area contributed by atoms with Crippen LogP contribution in [-0.4, -0.2) is 31.4 Å². The number of primary amides is 1. The normalized spacial score (nSPS) is 9.39. The maximum Gasteiger partial charge on any atom is 0.321 e. The number of nitrogens with two attached hydrogens (primary N) is 1. The topological polar surface area (TPSA) is 113 Å². The minimum absolute atomic E-state index is 0.0522. The Labute approximate surface area is 104 Å².